The number of nitrogens with zero attached hydrogens (tertiary/aromatic N) is 2. The lowest BCUT2D eigenvalue weighted by molar-refractivity contribution is 0.103. The fourth-order valence-electron chi connectivity index (χ4n) is 3.00. The van der Waals surface area contributed by atoms with Crippen molar-refractivity contribution < 1.29 is 9.53 Å². The third-order valence-corrected chi connectivity index (χ3v) is 5.31. The van der Waals surface area contributed by atoms with Gasteiger partial charge in [0, 0.05) is 16.2 Å². The van der Waals surface area contributed by atoms with Crippen LogP contribution < -0.4 is 4.74 Å². The van der Waals surface area contributed by atoms with Crippen LogP contribution in [0.5, 0.6) is 5.75 Å². The summed E-state index contributed by atoms with van der Waals surface area (Å²) in [5.41, 5.74) is 3.34. The first kappa shape index (κ1) is 19.6. The minimum atomic E-state index is -0.0405. The molecule has 0 aliphatic carbocycles. The van der Waals surface area contributed by atoms with E-state index in [2.05, 4.69) is 48.3 Å². The number of ketones is 1. The Morgan fingerprint density at radius 2 is 1.78 bits per heavy atom. The van der Waals surface area contributed by atoms with Gasteiger partial charge in [-0.15, -0.1) is 0 Å². The van der Waals surface area contributed by atoms with Gasteiger partial charge in [0.2, 0.25) is 5.78 Å². The molecule has 0 atom stereocenters. The van der Waals surface area contributed by atoms with Crippen molar-refractivity contribution >= 4 is 28.4 Å². The highest BCUT2D eigenvalue weighted by atomic mass is 127. The highest BCUT2D eigenvalue weighted by Crippen LogP contribution is 2.31. The maximum absolute atomic E-state index is 13.0. The largest absolute Gasteiger partial charge is 0.496 e. The Balaban J connectivity index is 1.98. The summed E-state index contributed by atoms with van der Waals surface area (Å²) in [6.45, 7) is 6.48. The van der Waals surface area contributed by atoms with Crippen LogP contribution in [0.15, 0.2) is 48.7 Å². The van der Waals surface area contributed by atoms with Gasteiger partial charge < -0.3 is 9.30 Å². The van der Waals surface area contributed by atoms with Gasteiger partial charge in [0.25, 0.3) is 0 Å². The molecule has 0 unspecified atom stereocenters. The predicted octanol–water partition coefficient (Wildman–Crippen LogP) is 5.23. The van der Waals surface area contributed by atoms with Crippen molar-refractivity contribution in [2.24, 2.45) is 7.05 Å². The molecule has 0 radical (unpaired) electrons. The number of benzene rings is 2. The molecule has 3 aromatic rings. The van der Waals surface area contributed by atoms with E-state index in [0.29, 0.717) is 17.1 Å². The second-order valence-electron chi connectivity index (χ2n) is 7.53. The summed E-state index contributed by atoms with van der Waals surface area (Å²) >= 11 is 2.26. The fraction of sp³-hybridized carbons (Fsp3) is 0.273. The Morgan fingerprint density at radius 1 is 1.11 bits per heavy atom. The Bertz CT molecular complexity index is 983. The molecule has 27 heavy (non-hydrogen) atoms. The van der Waals surface area contributed by atoms with Gasteiger partial charge >= 0.3 is 0 Å². The number of hydrogen-bond donors (Lipinski definition) is 0. The van der Waals surface area contributed by atoms with E-state index in [1.807, 2.05) is 54.1 Å². The fourth-order valence-corrected chi connectivity index (χ4v) is 3.49. The standard InChI is InChI=1S/C22H23IN2O2/c1-22(2,3)15-8-6-14(7-9-15)20(26)18-13-24-21(25(18)4)17-12-16(23)10-11-19(17)27-5/h6-13H,1-5H3. The molecule has 0 saturated heterocycles. The van der Waals surface area contributed by atoms with E-state index in [1.54, 1.807) is 13.3 Å². The van der Waals surface area contributed by atoms with E-state index in [-0.39, 0.29) is 11.2 Å². The van der Waals surface area contributed by atoms with Gasteiger partial charge in [0.15, 0.2) is 0 Å². The lowest BCUT2D eigenvalue weighted by atomic mass is 9.86. The van der Waals surface area contributed by atoms with E-state index in [9.17, 15) is 4.79 Å². The van der Waals surface area contributed by atoms with Crippen molar-refractivity contribution in [1.29, 1.82) is 0 Å². The molecule has 0 fully saturated rings. The molecule has 0 amide bonds. The molecule has 140 valence electrons. The Kier molecular flexibility index (Phi) is 5.42. The monoisotopic (exact) mass is 474 g/mol. The minimum absolute atomic E-state index is 0.0405. The van der Waals surface area contributed by atoms with Gasteiger partial charge in [-0.25, -0.2) is 4.98 Å². The van der Waals surface area contributed by atoms with Crippen LogP contribution >= 0.6 is 22.6 Å². The van der Waals surface area contributed by atoms with Crippen LogP contribution in [0.4, 0.5) is 0 Å². The quantitative estimate of drug-likeness (QED) is 0.384. The molecule has 5 heteroatoms. The molecule has 0 aliphatic heterocycles. The zero-order valence-electron chi connectivity index (χ0n) is 16.2. The summed E-state index contributed by atoms with van der Waals surface area (Å²) in [6.07, 6.45) is 1.63. The Labute approximate surface area is 173 Å². The molecule has 0 saturated carbocycles. The molecule has 0 aliphatic rings. The van der Waals surface area contributed by atoms with Crippen molar-refractivity contribution in [3.05, 3.63) is 69.1 Å². The van der Waals surface area contributed by atoms with Crippen molar-refractivity contribution in [2.45, 2.75) is 26.2 Å². The number of ether oxygens (including phenoxy) is 1. The SMILES string of the molecule is COc1ccc(I)cc1-c1ncc(C(=O)c2ccc(C(C)(C)C)cc2)n1C. The molecule has 1 heterocycles. The summed E-state index contributed by atoms with van der Waals surface area (Å²) < 4.78 is 8.38. The number of halogens is 1. The van der Waals surface area contributed by atoms with Crippen LogP contribution in [0, 0.1) is 3.57 Å². The summed E-state index contributed by atoms with van der Waals surface area (Å²) in [5.74, 6) is 1.40. The lowest BCUT2D eigenvalue weighted by Crippen LogP contribution is -2.12. The van der Waals surface area contributed by atoms with Crippen LogP contribution in [0.3, 0.4) is 0 Å². The van der Waals surface area contributed by atoms with Crippen molar-refractivity contribution in [3.8, 4) is 17.1 Å². The van der Waals surface area contributed by atoms with Gasteiger partial charge in [-0.1, -0.05) is 45.0 Å². The van der Waals surface area contributed by atoms with Crippen LogP contribution in [0.2, 0.25) is 0 Å². The van der Waals surface area contributed by atoms with Crippen molar-refractivity contribution in [1.82, 2.24) is 9.55 Å². The zero-order valence-corrected chi connectivity index (χ0v) is 18.4. The molecule has 2 aromatic carbocycles. The Morgan fingerprint density at radius 3 is 2.37 bits per heavy atom. The highest BCUT2D eigenvalue weighted by Gasteiger charge is 2.20. The van der Waals surface area contributed by atoms with Gasteiger partial charge in [-0.05, 0) is 51.8 Å². The Hall–Kier alpha value is -2.15. The third-order valence-electron chi connectivity index (χ3n) is 4.64. The number of rotatable bonds is 4. The molecule has 0 spiro atoms. The second-order valence-corrected chi connectivity index (χ2v) is 8.77. The first-order valence-corrected chi connectivity index (χ1v) is 9.81. The van der Waals surface area contributed by atoms with Crippen molar-refractivity contribution in [2.75, 3.05) is 7.11 Å². The summed E-state index contributed by atoms with van der Waals surface area (Å²) in [4.78, 5) is 17.5. The number of methoxy groups -OCH3 is 1. The molecular formula is C22H23IN2O2. The summed E-state index contributed by atoms with van der Waals surface area (Å²) in [7, 11) is 3.50. The van der Waals surface area contributed by atoms with Crippen LogP contribution in [0.1, 0.15) is 42.4 Å². The number of carbonyl (C=O) groups is 1. The maximum Gasteiger partial charge on any atom is 0.211 e. The van der Waals surface area contributed by atoms with Crippen molar-refractivity contribution in [3.63, 3.8) is 0 Å². The number of hydrogen-bond acceptors (Lipinski definition) is 3. The van der Waals surface area contributed by atoms with Crippen LogP contribution in [-0.4, -0.2) is 22.4 Å². The van der Waals surface area contributed by atoms with Gasteiger partial charge in [0.05, 0.1) is 18.9 Å². The number of carbonyl (C=O) groups excluding carboxylic acids is 1. The average Bonchev–Trinajstić information content (AvgIpc) is 3.01. The molecule has 1 aromatic heterocycles. The number of imidazole rings is 1. The van der Waals surface area contributed by atoms with E-state index in [1.165, 1.54) is 5.56 Å². The summed E-state index contributed by atoms with van der Waals surface area (Å²) in [5, 5.41) is 0. The van der Waals surface area contributed by atoms with Crippen LogP contribution in [0.25, 0.3) is 11.4 Å². The second kappa shape index (κ2) is 7.46. The minimum Gasteiger partial charge on any atom is -0.496 e. The van der Waals surface area contributed by atoms with E-state index >= 15 is 0 Å². The smallest absolute Gasteiger partial charge is 0.211 e. The highest BCUT2D eigenvalue weighted by molar-refractivity contribution is 14.1. The van der Waals surface area contributed by atoms with E-state index in [0.717, 1.165) is 14.9 Å². The molecule has 3 rings (SSSR count). The predicted molar refractivity (Wildman–Crippen MR) is 116 cm³/mol. The molecule has 0 bridgehead atoms. The molecular weight excluding hydrogens is 451 g/mol. The first-order chi connectivity index (χ1) is 12.7. The molecule has 4 nitrogen and oxygen atoms in total. The maximum atomic E-state index is 13.0. The average molecular weight is 474 g/mol. The number of aromatic nitrogens is 2. The topological polar surface area (TPSA) is 44.1 Å². The van der Waals surface area contributed by atoms with E-state index in [4.69, 9.17) is 4.74 Å². The normalized spacial score (nSPS) is 11.5. The van der Waals surface area contributed by atoms with E-state index < -0.39 is 0 Å². The first-order valence-electron chi connectivity index (χ1n) is 8.73. The third kappa shape index (κ3) is 3.93. The lowest BCUT2D eigenvalue weighted by Gasteiger charge is -2.19. The van der Waals surface area contributed by atoms with Gasteiger partial charge in [-0.2, -0.15) is 0 Å². The zero-order chi connectivity index (χ0) is 19.8. The van der Waals surface area contributed by atoms with Crippen LogP contribution in [-0.2, 0) is 12.5 Å². The van der Waals surface area contributed by atoms with Gasteiger partial charge in [-0.3, -0.25) is 4.79 Å². The molecule has 0 N–H and O–H groups in total. The van der Waals surface area contributed by atoms with Gasteiger partial charge in [0.1, 0.15) is 17.3 Å². The summed E-state index contributed by atoms with van der Waals surface area (Å²) in [6, 6.07) is 13.7.